The summed E-state index contributed by atoms with van der Waals surface area (Å²) in [4.78, 5) is 11.7. The Bertz CT molecular complexity index is 485. The van der Waals surface area contributed by atoms with Crippen LogP contribution in [0, 0.1) is 11.8 Å². The van der Waals surface area contributed by atoms with Gasteiger partial charge in [-0.3, -0.25) is 0 Å². The highest BCUT2D eigenvalue weighted by Crippen LogP contribution is 2.39. The summed E-state index contributed by atoms with van der Waals surface area (Å²) in [6.07, 6.45) is 4.07. The topological polar surface area (TPSA) is 58.6 Å². The first kappa shape index (κ1) is 12.2. The lowest BCUT2D eigenvalue weighted by Crippen LogP contribution is -2.45. The number of fused-ring (bicyclic) bond motifs is 2. The van der Waals surface area contributed by atoms with E-state index in [0.29, 0.717) is 0 Å². The van der Waals surface area contributed by atoms with E-state index >= 15 is 0 Å². The van der Waals surface area contributed by atoms with Gasteiger partial charge in [-0.1, -0.05) is 42.5 Å². The zero-order valence-corrected chi connectivity index (χ0v) is 10.5. The molecule has 1 aromatic carbocycles. The molecule has 0 spiro atoms. The number of nitrogens with one attached hydrogen (secondary N) is 1. The van der Waals surface area contributed by atoms with Gasteiger partial charge in [-0.15, -0.1) is 0 Å². The van der Waals surface area contributed by atoms with Gasteiger partial charge in [-0.25, -0.2) is 4.79 Å². The maximum absolute atomic E-state index is 11.7. The SMILES string of the molecule is O=C(N[C@@H]1[C@@H](O)[C@@H]2C=C[C@H]1C2)OCc1ccccc1. The average molecular weight is 259 g/mol. The second-order valence-electron chi connectivity index (χ2n) is 5.17. The predicted molar refractivity (Wildman–Crippen MR) is 70.3 cm³/mol. The summed E-state index contributed by atoms with van der Waals surface area (Å²) in [5.41, 5.74) is 0.950. The molecular weight excluding hydrogens is 242 g/mol. The molecule has 1 aromatic rings. The molecule has 2 N–H and O–H groups in total. The van der Waals surface area contributed by atoms with Crippen molar-refractivity contribution in [2.75, 3.05) is 0 Å². The van der Waals surface area contributed by atoms with Crippen LogP contribution < -0.4 is 5.32 Å². The monoisotopic (exact) mass is 259 g/mol. The number of carbonyl (C=O) groups is 1. The third-order valence-corrected chi connectivity index (χ3v) is 3.91. The highest BCUT2D eigenvalue weighted by atomic mass is 16.5. The van der Waals surface area contributed by atoms with Crippen LogP contribution in [0.3, 0.4) is 0 Å². The van der Waals surface area contributed by atoms with Gasteiger partial charge in [0.2, 0.25) is 0 Å². The molecule has 4 nitrogen and oxygen atoms in total. The molecule has 0 unspecified atom stereocenters. The predicted octanol–water partition coefficient (Wildman–Crippen LogP) is 1.85. The van der Waals surface area contributed by atoms with Gasteiger partial charge in [0.1, 0.15) is 6.61 Å². The van der Waals surface area contributed by atoms with Gasteiger partial charge >= 0.3 is 6.09 Å². The van der Waals surface area contributed by atoms with E-state index < -0.39 is 12.2 Å². The molecule has 4 atom stereocenters. The number of amides is 1. The Hall–Kier alpha value is -1.81. The number of ether oxygens (including phenoxy) is 1. The molecule has 2 aliphatic rings. The van der Waals surface area contributed by atoms with E-state index in [4.69, 9.17) is 4.74 Å². The number of aliphatic hydroxyl groups excluding tert-OH is 1. The second kappa shape index (κ2) is 5.05. The molecule has 1 amide bonds. The average Bonchev–Trinajstić information content (AvgIpc) is 3.01. The van der Waals surface area contributed by atoms with E-state index in [1.54, 1.807) is 0 Å². The van der Waals surface area contributed by atoms with Crippen molar-refractivity contribution in [3.05, 3.63) is 48.0 Å². The zero-order chi connectivity index (χ0) is 13.2. The highest BCUT2D eigenvalue weighted by Gasteiger charge is 2.44. The van der Waals surface area contributed by atoms with Crippen molar-refractivity contribution in [2.24, 2.45) is 11.8 Å². The Labute approximate surface area is 112 Å². The van der Waals surface area contributed by atoms with E-state index in [0.717, 1.165) is 12.0 Å². The van der Waals surface area contributed by atoms with Gasteiger partial charge in [0, 0.05) is 11.8 Å². The van der Waals surface area contributed by atoms with Crippen molar-refractivity contribution < 1.29 is 14.6 Å². The maximum atomic E-state index is 11.7. The number of aliphatic hydroxyl groups is 1. The van der Waals surface area contributed by atoms with Crippen molar-refractivity contribution in [3.63, 3.8) is 0 Å². The minimum atomic E-state index is -0.487. The van der Waals surface area contributed by atoms with E-state index in [-0.39, 0.29) is 24.5 Å². The van der Waals surface area contributed by atoms with Gasteiger partial charge in [0.25, 0.3) is 0 Å². The molecular formula is C15H17NO3. The van der Waals surface area contributed by atoms with Gasteiger partial charge in [0.05, 0.1) is 12.1 Å². The Morgan fingerprint density at radius 1 is 1.26 bits per heavy atom. The minimum absolute atomic E-state index is 0.185. The zero-order valence-electron chi connectivity index (χ0n) is 10.5. The Kier molecular flexibility index (Phi) is 3.25. The van der Waals surface area contributed by atoms with Crippen molar-refractivity contribution in [3.8, 4) is 0 Å². The summed E-state index contributed by atoms with van der Waals surface area (Å²) in [6, 6.07) is 9.33. The fraction of sp³-hybridized carbons (Fsp3) is 0.400. The van der Waals surface area contributed by atoms with Crippen LogP contribution in [0.15, 0.2) is 42.5 Å². The Morgan fingerprint density at radius 2 is 2.00 bits per heavy atom. The quantitative estimate of drug-likeness (QED) is 0.814. The molecule has 100 valence electrons. The van der Waals surface area contributed by atoms with Gasteiger partial charge in [-0.2, -0.15) is 0 Å². The van der Waals surface area contributed by atoms with Gasteiger partial charge in [-0.05, 0) is 12.0 Å². The second-order valence-corrected chi connectivity index (χ2v) is 5.17. The van der Waals surface area contributed by atoms with Crippen molar-refractivity contribution in [2.45, 2.75) is 25.2 Å². The van der Waals surface area contributed by atoms with E-state index in [1.807, 2.05) is 36.4 Å². The third-order valence-electron chi connectivity index (χ3n) is 3.91. The molecule has 0 saturated heterocycles. The normalized spacial score (nSPS) is 31.4. The van der Waals surface area contributed by atoms with E-state index in [2.05, 4.69) is 11.4 Å². The minimum Gasteiger partial charge on any atom is -0.445 e. The summed E-state index contributed by atoms with van der Waals surface area (Å²) >= 11 is 0. The van der Waals surface area contributed by atoms with Crippen LogP contribution in [0.25, 0.3) is 0 Å². The number of rotatable bonds is 3. The first-order valence-corrected chi connectivity index (χ1v) is 6.57. The lowest BCUT2D eigenvalue weighted by atomic mass is 9.99. The van der Waals surface area contributed by atoms with Gasteiger partial charge < -0.3 is 15.2 Å². The smallest absolute Gasteiger partial charge is 0.407 e. The van der Waals surface area contributed by atoms with Gasteiger partial charge in [0.15, 0.2) is 0 Å². The molecule has 0 radical (unpaired) electrons. The standard InChI is InChI=1S/C15H17NO3/c17-14-12-7-6-11(8-12)13(14)16-15(18)19-9-10-4-2-1-3-5-10/h1-7,11-14,17H,8-9H2,(H,16,18)/t11-,12+,13-,14-/m0/s1. The summed E-state index contributed by atoms with van der Waals surface area (Å²) < 4.78 is 5.16. The number of carbonyl (C=O) groups excluding carboxylic acids is 1. The van der Waals surface area contributed by atoms with Crippen molar-refractivity contribution in [1.82, 2.24) is 5.32 Å². The maximum Gasteiger partial charge on any atom is 0.407 e. The number of hydrogen-bond donors (Lipinski definition) is 2. The molecule has 1 saturated carbocycles. The van der Waals surface area contributed by atoms with Crippen LogP contribution >= 0.6 is 0 Å². The fourth-order valence-corrected chi connectivity index (χ4v) is 2.89. The molecule has 0 heterocycles. The van der Waals surface area contributed by atoms with Crippen LogP contribution in [-0.2, 0) is 11.3 Å². The lowest BCUT2D eigenvalue weighted by Gasteiger charge is -2.24. The van der Waals surface area contributed by atoms with E-state index in [9.17, 15) is 9.90 Å². The number of alkyl carbamates (subject to hydrolysis) is 1. The van der Waals surface area contributed by atoms with Crippen LogP contribution in [-0.4, -0.2) is 23.3 Å². The summed E-state index contributed by atoms with van der Waals surface area (Å²) in [5, 5.41) is 12.8. The Morgan fingerprint density at radius 3 is 2.68 bits per heavy atom. The van der Waals surface area contributed by atoms with Crippen LogP contribution in [0.4, 0.5) is 4.79 Å². The molecule has 19 heavy (non-hydrogen) atoms. The summed E-state index contributed by atoms with van der Waals surface area (Å²) in [7, 11) is 0. The number of hydrogen-bond acceptors (Lipinski definition) is 3. The molecule has 2 bridgehead atoms. The molecule has 0 aliphatic heterocycles. The first-order valence-electron chi connectivity index (χ1n) is 6.57. The fourth-order valence-electron chi connectivity index (χ4n) is 2.89. The van der Waals surface area contributed by atoms with E-state index in [1.165, 1.54) is 0 Å². The molecule has 3 rings (SSSR count). The molecule has 2 aliphatic carbocycles. The third kappa shape index (κ3) is 2.49. The van der Waals surface area contributed by atoms with Crippen molar-refractivity contribution >= 4 is 6.09 Å². The highest BCUT2D eigenvalue weighted by molar-refractivity contribution is 5.68. The lowest BCUT2D eigenvalue weighted by molar-refractivity contribution is 0.0952. The number of benzene rings is 1. The first-order chi connectivity index (χ1) is 9.24. The summed E-state index contributed by atoms with van der Waals surface area (Å²) in [6.45, 7) is 0.249. The van der Waals surface area contributed by atoms with Crippen LogP contribution in [0.1, 0.15) is 12.0 Å². The molecule has 4 heteroatoms. The molecule has 1 fully saturated rings. The molecule has 0 aromatic heterocycles. The van der Waals surface area contributed by atoms with Crippen molar-refractivity contribution in [1.29, 1.82) is 0 Å². The largest absolute Gasteiger partial charge is 0.445 e. The van der Waals surface area contributed by atoms with Crippen LogP contribution in [0.2, 0.25) is 0 Å². The Balaban J connectivity index is 1.51. The van der Waals surface area contributed by atoms with Crippen LogP contribution in [0.5, 0.6) is 0 Å². The summed E-state index contributed by atoms with van der Waals surface area (Å²) in [5.74, 6) is 0.425.